The fourth-order valence-electron chi connectivity index (χ4n) is 2.73. The van der Waals surface area contributed by atoms with Gasteiger partial charge in [0, 0.05) is 17.0 Å². The molecule has 0 aliphatic carbocycles. The molecule has 3 rings (SSSR count). The van der Waals surface area contributed by atoms with Crippen molar-refractivity contribution in [2.45, 2.75) is 19.4 Å². The lowest BCUT2D eigenvalue weighted by molar-refractivity contribution is -0.119. The van der Waals surface area contributed by atoms with E-state index in [1.54, 1.807) is 38.1 Å². The molecule has 0 spiro atoms. The second-order valence-corrected chi connectivity index (χ2v) is 6.18. The first-order valence-electron chi connectivity index (χ1n) is 7.68. The Hall–Kier alpha value is -3.15. The molecule has 1 N–H and O–H groups in total. The maximum absolute atomic E-state index is 12.9. The molecule has 0 saturated heterocycles. The van der Waals surface area contributed by atoms with Crippen LogP contribution in [0.4, 0.5) is 0 Å². The van der Waals surface area contributed by atoms with Gasteiger partial charge >= 0.3 is 0 Å². The summed E-state index contributed by atoms with van der Waals surface area (Å²) in [5, 5.41) is 0.756. The topological polar surface area (TPSA) is 85.5 Å². The molecule has 0 unspecified atom stereocenters. The van der Waals surface area contributed by atoms with Crippen molar-refractivity contribution >= 4 is 34.4 Å². The van der Waals surface area contributed by atoms with Crippen LogP contribution in [0.25, 0.3) is 21.8 Å². The highest BCUT2D eigenvalue weighted by atomic mass is 16.5. The van der Waals surface area contributed by atoms with Crippen molar-refractivity contribution < 1.29 is 19.1 Å². The number of H-pyrrole nitrogens is 1. The second kappa shape index (κ2) is 6.05. The third kappa shape index (κ3) is 2.76. The van der Waals surface area contributed by atoms with Crippen LogP contribution >= 0.6 is 0 Å². The predicted octanol–water partition coefficient (Wildman–Crippen LogP) is 2.86. The Morgan fingerprint density at radius 3 is 2.48 bits per heavy atom. The molecule has 0 aliphatic heterocycles. The molecule has 0 fully saturated rings. The van der Waals surface area contributed by atoms with Gasteiger partial charge in [0.1, 0.15) is 11.5 Å². The summed E-state index contributed by atoms with van der Waals surface area (Å²) in [6, 6.07) is 8.47. The third-order valence-electron chi connectivity index (χ3n) is 3.95. The fraction of sp³-hybridized carbons (Fsp3) is 0.211. The fourth-order valence-corrected chi connectivity index (χ4v) is 2.73. The maximum Gasteiger partial charge on any atom is 0.200 e. The molecule has 3 aromatic rings. The number of carbonyl (C=O) groups excluding carboxylic acids is 2. The van der Waals surface area contributed by atoms with Crippen molar-refractivity contribution in [1.82, 2.24) is 4.98 Å². The van der Waals surface area contributed by atoms with Crippen molar-refractivity contribution in [2.75, 3.05) is 7.11 Å². The van der Waals surface area contributed by atoms with Crippen LogP contribution in [0.15, 0.2) is 35.1 Å². The van der Waals surface area contributed by atoms with Gasteiger partial charge in [-0.05, 0) is 26.0 Å². The summed E-state index contributed by atoms with van der Waals surface area (Å²) in [4.78, 5) is 38.9. The van der Waals surface area contributed by atoms with Gasteiger partial charge in [-0.1, -0.05) is 12.1 Å². The summed E-state index contributed by atoms with van der Waals surface area (Å²) in [5.41, 5.74) is -0.307. The number of hydrogen-bond donors (Lipinski definition) is 1. The number of hydrogen-bond acceptors (Lipinski definition) is 5. The lowest BCUT2D eigenvalue weighted by Crippen LogP contribution is -2.30. The zero-order chi connectivity index (χ0) is 18.2. The molecule has 6 heteroatoms. The number of carbonyl (C=O) groups is 2. The maximum atomic E-state index is 12.9. The number of benzene rings is 2. The van der Waals surface area contributed by atoms with E-state index in [4.69, 9.17) is 9.47 Å². The molecule has 1 heterocycles. The van der Waals surface area contributed by atoms with E-state index in [2.05, 4.69) is 4.98 Å². The van der Waals surface area contributed by atoms with Crippen molar-refractivity contribution in [1.29, 1.82) is 0 Å². The van der Waals surface area contributed by atoms with E-state index in [0.29, 0.717) is 29.0 Å². The summed E-state index contributed by atoms with van der Waals surface area (Å²) in [5.74, 6) is 0.437. The normalized spacial score (nSPS) is 11.5. The predicted molar refractivity (Wildman–Crippen MR) is 94.8 cm³/mol. The second-order valence-electron chi connectivity index (χ2n) is 6.18. The average molecular weight is 339 g/mol. The van der Waals surface area contributed by atoms with Crippen LogP contribution in [0.1, 0.15) is 24.2 Å². The molecule has 0 bridgehead atoms. The summed E-state index contributed by atoms with van der Waals surface area (Å²) >= 11 is 0. The minimum absolute atomic E-state index is 0.161. The van der Waals surface area contributed by atoms with E-state index in [1.807, 2.05) is 0 Å². The number of ether oxygens (including phenoxy) is 2. The molecule has 25 heavy (non-hydrogen) atoms. The first kappa shape index (κ1) is 16.7. The molecule has 1 aromatic heterocycles. The minimum Gasteiger partial charge on any atom is -0.496 e. The Balaban J connectivity index is 2.46. The molecule has 0 amide bonds. The van der Waals surface area contributed by atoms with Gasteiger partial charge in [0.15, 0.2) is 18.2 Å². The van der Waals surface area contributed by atoms with Crippen LogP contribution in [-0.2, 0) is 4.79 Å². The molecule has 0 saturated carbocycles. The Morgan fingerprint density at radius 2 is 1.84 bits per heavy atom. The highest BCUT2D eigenvalue weighted by Gasteiger charge is 2.24. The SMILES string of the molecule is COc1cc(OC(C)(C)C=O)c(C=O)c2[nH]c3ccccc3c(=O)c12. The Bertz CT molecular complexity index is 1050. The zero-order valence-corrected chi connectivity index (χ0v) is 14.1. The summed E-state index contributed by atoms with van der Waals surface area (Å²) in [6.45, 7) is 3.16. The van der Waals surface area contributed by atoms with Crippen LogP contribution < -0.4 is 14.9 Å². The van der Waals surface area contributed by atoms with E-state index in [0.717, 1.165) is 0 Å². The molecule has 128 valence electrons. The van der Waals surface area contributed by atoms with Crippen molar-refractivity contribution in [3.8, 4) is 11.5 Å². The van der Waals surface area contributed by atoms with Gasteiger partial charge in [-0.3, -0.25) is 14.4 Å². The van der Waals surface area contributed by atoms with Gasteiger partial charge in [0.25, 0.3) is 0 Å². The Kier molecular flexibility index (Phi) is 4.04. The van der Waals surface area contributed by atoms with Crippen molar-refractivity contribution in [3.05, 3.63) is 46.1 Å². The van der Waals surface area contributed by atoms with Crippen LogP contribution in [0, 0.1) is 0 Å². The molecule has 0 atom stereocenters. The van der Waals surface area contributed by atoms with E-state index in [1.165, 1.54) is 13.2 Å². The Labute approximate surface area is 143 Å². The van der Waals surface area contributed by atoms with Crippen molar-refractivity contribution in [2.24, 2.45) is 0 Å². The number of aromatic amines is 1. The average Bonchev–Trinajstić information content (AvgIpc) is 2.61. The smallest absolute Gasteiger partial charge is 0.200 e. The molecule has 6 nitrogen and oxygen atoms in total. The number of pyridine rings is 1. The van der Waals surface area contributed by atoms with Gasteiger partial charge in [-0.15, -0.1) is 0 Å². The zero-order valence-electron chi connectivity index (χ0n) is 14.1. The monoisotopic (exact) mass is 339 g/mol. The number of aldehydes is 2. The quantitative estimate of drug-likeness (QED) is 0.571. The number of para-hydroxylation sites is 1. The van der Waals surface area contributed by atoms with Gasteiger partial charge in [0.2, 0.25) is 5.43 Å². The summed E-state index contributed by atoms with van der Waals surface area (Å²) in [7, 11) is 1.43. The number of rotatable bonds is 5. The van der Waals surface area contributed by atoms with Gasteiger partial charge in [-0.25, -0.2) is 0 Å². The van der Waals surface area contributed by atoms with Gasteiger partial charge in [0.05, 0.1) is 23.6 Å². The summed E-state index contributed by atoms with van der Waals surface area (Å²) < 4.78 is 11.0. The van der Waals surface area contributed by atoms with Crippen molar-refractivity contribution in [3.63, 3.8) is 0 Å². The summed E-state index contributed by atoms with van der Waals surface area (Å²) in [6.07, 6.45) is 1.24. The number of aromatic nitrogens is 1. The first-order chi connectivity index (χ1) is 11.9. The molecular formula is C19H17NO5. The lowest BCUT2D eigenvalue weighted by Gasteiger charge is -2.22. The number of fused-ring (bicyclic) bond motifs is 2. The van der Waals surface area contributed by atoms with Gasteiger partial charge < -0.3 is 14.5 Å². The van der Waals surface area contributed by atoms with E-state index in [-0.39, 0.29) is 27.9 Å². The largest absolute Gasteiger partial charge is 0.496 e. The standard InChI is InChI=1S/C19H17NO5/c1-19(2,10-22)25-14-8-15(24-3)16-17(12(14)9-21)20-13-7-5-4-6-11(13)18(16)23/h4-10H,1-3H3,(H,20,23). The Morgan fingerprint density at radius 1 is 1.12 bits per heavy atom. The van der Waals surface area contributed by atoms with E-state index < -0.39 is 5.60 Å². The highest BCUT2D eigenvalue weighted by Crippen LogP contribution is 2.34. The van der Waals surface area contributed by atoms with Crippen LogP contribution in [0.3, 0.4) is 0 Å². The number of methoxy groups -OCH3 is 1. The molecule has 2 aromatic carbocycles. The molecule has 0 radical (unpaired) electrons. The van der Waals surface area contributed by atoms with Gasteiger partial charge in [-0.2, -0.15) is 0 Å². The molecule has 0 aliphatic rings. The van der Waals surface area contributed by atoms with Crippen LogP contribution in [0.2, 0.25) is 0 Å². The molecular weight excluding hydrogens is 322 g/mol. The van der Waals surface area contributed by atoms with E-state index in [9.17, 15) is 14.4 Å². The van der Waals surface area contributed by atoms with E-state index >= 15 is 0 Å². The minimum atomic E-state index is -1.13. The number of nitrogens with one attached hydrogen (secondary N) is 1. The first-order valence-corrected chi connectivity index (χ1v) is 7.68. The highest BCUT2D eigenvalue weighted by molar-refractivity contribution is 6.05. The van der Waals surface area contributed by atoms with Crippen LogP contribution in [0.5, 0.6) is 11.5 Å². The van der Waals surface area contributed by atoms with Crippen LogP contribution in [-0.4, -0.2) is 30.3 Å². The lowest BCUT2D eigenvalue weighted by atomic mass is 10.0. The third-order valence-corrected chi connectivity index (χ3v) is 3.95.